The van der Waals surface area contributed by atoms with Gasteiger partial charge in [-0.3, -0.25) is 0 Å². The third-order valence-corrected chi connectivity index (χ3v) is 4.01. The number of rotatable bonds is 3. The van der Waals surface area contributed by atoms with Gasteiger partial charge in [0.15, 0.2) is 11.6 Å². The number of methoxy groups -OCH3 is 1. The summed E-state index contributed by atoms with van der Waals surface area (Å²) < 4.78 is 18.7. The molecule has 1 N–H and O–H groups in total. The molecule has 0 aliphatic carbocycles. The van der Waals surface area contributed by atoms with Gasteiger partial charge in [-0.15, -0.1) is 0 Å². The normalized spacial score (nSPS) is 19.8. The molecule has 100 valence electrons. The molecule has 18 heavy (non-hydrogen) atoms. The van der Waals surface area contributed by atoms with E-state index in [-0.39, 0.29) is 23.6 Å². The minimum atomic E-state index is -0.359. The Morgan fingerprint density at radius 3 is 2.56 bits per heavy atom. The van der Waals surface area contributed by atoms with E-state index >= 15 is 0 Å². The van der Waals surface area contributed by atoms with Gasteiger partial charge >= 0.3 is 0 Å². The zero-order chi connectivity index (χ0) is 13.2. The van der Waals surface area contributed by atoms with Gasteiger partial charge in [-0.1, -0.05) is 6.07 Å². The highest BCUT2D eigenvalue weighted by atomic mass is 19.1. The molecule has 1 heterocycles. The van der Waals surface area contributed by atoms with Crippen molar-refractivity contribution in [3.05, 3.63) is 29.6 Å². The SMILES string of the molecule is COc1ccc(C2(CO)CCN(C)CC2)cc1F. The molecule has 1 fully saturated rings. The first kappa shape index (κ1) is 13.3. The Morgan fingerprint density at radius 2 is 2.06 bits per heavy atom. The standard InChI is InChI=1S/C14H20FNO2/c1-16-7-5-14(10-17,6-8-16)11-3-4-13(18-2)12(15)9-11/h3-4,9,17H,5-8,10H2,1-2H3. The quantitative estimate of drug-likeness (QED) is 0.891. The van der Waals surface area contributed by atoms with Crippen molar-refractivity contribution in [2.75, 3.05) is 33.9 Å². The number of nitrogens with zero attached hydrogens (tertiary/aromatic N) is 1. The van der Waals surface area contributed by atoms with E-state index < -0.39 is 0 Å². The van der Waals surface area contributed by atoms with Crippen molar-refractivity contribution in [2.24, 2.45) is 0 Å². The van der Waals surface area contributed by atoms with E-state index in [9.17, 15) is 9.50 Å². The zero-order valence-electron chi connectivity index (χ0n) is 10.9. The molecule has 2 rings (SSSR count). The van der Waals surface area contributed by atoms with Crippen molar-refractivity contribution < 1.29 is 14.2 Å². The molecule has 1 aromatic carbocycles. The van der Waals surface area contributed by atoms with Gasteiger partial charge in [0, 0.05) is 5.41 Å². The van der Waals surface area contributed by atoms with Crippen LogP contribution in [-0.2, 0) is 5.41 Å². The molecular weight excluding hydrogens is 233 g/mol. The summed E-state index contributed by atoms with van der Waals surface area (Å²) in [5.41, 5.74) is 0.566. The van der Waals surface area contributed by atoms with Crippen LogP contribution in [0, 0.1) is 5.82 Å². The summed E-state index contributed by atoms with van der Waals surface area (Å²) in [4.78, 5) is 2.23. The molecule has 1 aliphatic rings. The van der Waals surface area contributed by atoms with Crippen LogP contribution in [0.3, 0.4) is 0 Å². The third-order valence-electron chi connectivity index (χ3n) is 4.01. The number of aliphatic hydroxyl groups excluding tert-OH is 1. The number of piperidine rings is 1. The average molecular weight is 253 g/mol. The van der Waals surface area contributed by atoms with Gasteiger partial charge in [0.1, 0.15) is 0 Å². The molecule has 3 nitrogen and oxygen atoms in total. The molecule has 1 aliphatic heterocycles. The highest BCUT2D eigenvalue weighted by molar-refractivity contribution is 5.34. The maximum atomic E-state index is 13.8. The number of hydrogen-bond donors (Lipinski definition) is 1. The van der Waals surface area contributed by atoms with Crippen LogP contribution in [0.15, 0.2) is 18.2 Å². The van der Waals surface area contributed by atoms with Gasteiger partial charge in [-0.05, 0) is 50.7 Å². The molecule has 0 radical (unpaired) electrons. The molecule has 0 spiro atoms. The molecule has 0 atom stereocenters. The smallest absolute Gasteiger partial charge is 0.165 e. The van der Waals surface area contributed by atoms with Crippen LogP contribution in [0.5, 0.6) is 5.75 Å². The summed E-state index contributed by atoms with van der Waals surface area (Å²) in [7, 11) is 3.52. The summed E-state index contributed by atoms with van der Waals surface area (Å²) in [6.07, 6.45) is 1.71. The Balaban J connectivity index is 2.30. The van der Waals surface area contributed by atoms with Crippen molar-refractivity contribution in [3.8, 4) is 5.75 Å². The molecule has 0 saturated carbocycles. The van der Waals surface area contributed by atoms with E-state index in [1.54, 1.807) is 6.07 Å². The Bertz CT molecular complexity index is 414. The van der Waals surface area contributed by atoms with E-state index in [0.29, 0.717) is 0 Å². The lowest BCUT2D eigenvalue weighted by molar-refractivity contribution is 0.114. The number of hydrogen-bond acceptors (Lipinski definition) is 3. The lowest BCUT2D eigenvalue weighted by Crippen LogP contribution is -2.43. The van der Waals surface area contributed by atoms with Crippen LogP contribution in [0.1, 0.15) is 18.4 Å². The monoisotopic (exact) mass is 253 g/mol. The molecule has 1 aromatic rings. The fraction of sp³-hybridized carbons (Fsp3) is 0.571. The van der Waals surface area contributed by atoms with Gasteiger partial charge in [-0.2, -0.15) is 0 Å². The zero-order valence-corrected chi connectivity index (χ0v) is 10.9. The van der Waals surface area contributed by atoms with Crippen LogP contribution < -0.4 is 4.74 Å². The first-order valence-electron chi connectivity index (χ1n) is 6.25. The fourth-order valence-electron chi connectivity index (χ4n) is 2.58. The summed E-state index contributed by atoms with van der Waals surface area (Å²) in [6, 6.07) is 5.00. The molecule has 0 amide bonds. The van der Waals surface area contributed by atoms with Crippen LogP contribution in [0.25, 0.3) is 0 Å². The van der Waals surface area contributed by atoms with Crippen LogP contribution in [0.2, 0.25) is 0 Å². The van der Waals surface area contributed by atoms with E-state index in [0.717, 1.165) is 31.5 Å². The topological polar surface area (TPSA) is 32.7 Å². The summed E-state index contributed by atoms with van der Waals surface area (Å²) >= 11 is 0. The summed E-state index contributed by atoms with van der Waals surface area (Å²) in [5, 5.41) is 9.73. The van der Waals surface area contributed by atoms with Crippen molar-refractivity contribution >= 4 is 0 Å². The highest BCUT2D eigenvalue weighted by Crippen LogP contribution is 2.36. The predicted octanol–water partition coefficient (Wildman–Crippen LogP) is 1.79. The maximum Gasteiger partial charge on any atom is 0.165 e. The molecular formula is C14H20FNO2. The molecule has 0 aromatic heterocycles. The first-order valence-corrected chi connectivity index (χ1v) is 6.25. The fourth-order valence-corrected chi connectivity index (χ4v) is 2.58. The maximum absolute atomic E-state index is 13.8. The van der Waals surface area contributed by atoms with Gasteiger partial charge in [0.25, 0.3) is 0 Å². The van der Waals surface area contributed by atoms with Crippen molar-refractivity contribution in [2.45, 2.75) is 18.3 Å². The Kier molecular flexibility index (Phi) is 3.88. The number of likely N-dealkylation sites (tertiary alicyclic amines) is 1. The van der Waals surface area contributed by atoms with Gasteiger partial charge < -0.3 is 14.7 Å². The molecule has 0 unspecified atom stereocenters. The van der Waals surface area contributed by atoms with E-state index in [4.69, 9.17) is 4.74 Å². The van der Waals surface area contributed by atoms with Crippen LogP contribution in [-0.4, -0.2) is 43.9 Å². The summed E-state index contributed by atoms with van der Waals surface area (Å²) in [5.74, 6) is -0.110. The van der Waals surface area contributed by atoms with E-state index in [1.807, 2.05) is 6.07 Å². The molecule has 4 heteroatoms. The Labute approximate surface area is 107 Å². The lowest BCUT2D eigenvalue weighted by Gasteiger charge is -2.40. The first-order chi connectivity index (χ1) is 8.61. The van der Waals surface area contributed by atoms with Crippen LogP contribution >= 0.6 is 0 Å². The van der Waals surface area contributed by atoms with E-state index in [2.05, 4.69) is 11.9 Å². The largest absolute Gasteiger partial charge is 0.494 e. The number of benzene rings is 1. The number of ether oxygens (including phenoxy) is 1. The Hall–Kier alpha value is -1.13. The molecule has 0 bridgehead atoms. The predicted molar refractivity (Wildman–Crippen MR) is 68.4 cm³/mol. The molecule has 1 saturated heterocycles. The van der Waals surface area contributed by atoms with Gasteiger partial charge in [0.05, 0.1) is 13.7 Å². The number of halogens is 1. The van der Waals surface area contributed by atoms with E-state index in [1.165, 1.54) is 13.2 Å². The van der Waals surface area contributed by atoms with Crippen molar-refractivity contribution in [1.82, 2.24) is 4.90 Å². The highest BCUT2D eigenvalue weighted by Gasteiger charge is 2.35. The van der Waals surface area contributed by atoms with Gasteiger partial charge in [-0.25, -0.2) is 4.39 Å². The minimum Gasteiger partial charge on any atom is -0.494 e. The lowest BCUT2D eigenvalue weighted by atomic mass is 9.73. The second-order valence-corrected chi connectivity index (χ2v) is 5.09. The third kappa shape index (κ3) is 2.35. The minimum absolute atomic E-state index is 0.0621. The second-order valence-electron chi connectivity index (χ2n) is 5.09. The summed E-state index contributed by atoms with van der Waals surface area (Å²) in [6.45, 7) is 1.91. The Morgan fingerprint density at radius 1 is 1.39 bits per heavy atom. The van der Waals surface area contributed by atoms with Crippen molar-refractivity contribution in [3.63, 3.8) is 0 Å². The second kappa shape index (κ2) is 5.24. The average Bonchev–Trinajstić information content (AvgIpc) is 2.40. The van der Waals surface area contributed by atoms with Crippen LogP contribution in [0.4, 0.5) is 4.39 Å². The number of aliphatic hydroxyl groups is 1. The van der Waals surface area contributed by atoms with Gasteiger partial charge in [0.2, 0.25) is 0 Å². The van der Waals surface area contributed by atoms with Crippen molar-refractivity contribution in [1.29, 1.82) is 0 Å².